The maximum Gasteiger partial charge on any atom is 0.238 e. The van der Waals surface area contributed by atoms with E-state index in [1.54, 1.807) is 12.4 Å². The van der Waals surface area contributed by atoms with Gasteiger partial charge in [-0.3, -0.25) is 4.98 Å². The van der Waals surface area contributed by atoms with E-state index in [0.29, 0.717) is 30.5 Å². The fourth-order valence-corrected chi connectivity index (χ4v) is 1.43. The summed E-state index contributed by atoms with van der Waals surface area (Å²) in [5.74, 6) is 1.93. The van der Waals surface area contributed by atoms with Crippen LogP contribution in [0.2, 0.25) is 0 Å². The van der Waals surface area contributed by atoms with Crippen LogP contribution in [0.25, 0.3) is 0 Å². The summed E-state index contributed by atoms with van der Waals surface area (Å²) in [6.07, 6.45) is 3.17. The Bertz CT molecular complexity index is 500. The predicted molar refractivity (Wildman–Crippen MR) is 67.6 cm³/mol. The van der Waals surface area contributed by atoms with Crippen molar-refractivity contribution in [1.82, 2.24) is 9.97 Å². The molecule has 1 aromatic heterocycles. The van der Waals surface area contributed by atoms with Gasteiger partial charge in [-0.1, -0.05) is 0 Å². The Morgan fingerprint density at radius 3 is 2.50 bits per heavy atom. The Morgan fingerprint density at radius 1 is 1.11 bits per heavy atom. The van der Waals surface area contributed by atoms with Crippen molar-refractivity contribution in [2.24, 2.45) is 5.73 Å². The average molecular weight is 245 g/mol. The number of nitrogens with two attached hydrogens (primary N) is 1. The molecule has 2 aromatic rings. The maximum absolute atomic E-state index is 5.57. The van der Waals surface area contributed by atoms with Gasteiger partial charge in [0.2, 0.25) is 5.88 Å². The predicted octanol–water partition coefficient (Wildman–Crippen LogP) is 2.13. The van der Waals surface area contributed by atoms with Crippen molar-refractivity contribution in [1.29, 1.82) is 0 Å². The molecule has 0 spiro atoms. The summed E-state index contributed by atoms with van der Waals surface area (Å²) >= 11 is 0. The van der Waals surface area contributed by atoms with Gasteiger partial charge in [0.25, 0.3) is 0 Å². The van der Waals surface area contributed by atoms with Crippen LogP contribution in [-0.2, 0) is 6.54 Å². The van der Waals surface area contributed by atoms with Gasteiger partial charge in [0.1, 0.15) is 11.5 Å². The van der Waals surface area contributed by atoms with E-state index in [1.165, 1.54) is 0 Å². The van der Waals surface area contributed by atoms with Crippen molar-refractivity contribution in [3.63, 3.8) is 0 Å². The third-order valence-corrected chi connectivity index (χ3v) is 2.23. The SMILES string of the molecule is CCOc1ccc(Oc2cncc(CN)n2)cc1. The van der Waals surface area contributed by atoms with Crippen LogP contribution in [0.1, 0.15) is 12.6 Å². The molecule has 0 saturated carbocycles. The lowest BCUT2D eigenvalue weighted by molar-refractivity contribution is 0.339. The molecule has 0 aliphatic carbocycles. The number of hydrogen-bond acceptors (Lipinski definition) is 5. The van der Waals surface area contributed by atoms with Crippen molar-refractivity contribution in [2.45, 2.75) is 13.5 Å². The molecule has 18 heavy (non-hydrogen) atoms. The number of ether oxygens (including phenoxy) is 2. The van der Waals surface area contributed by atoms with E-state index < -0.39 is 0 Å². The summed E-state index contributed by atoms with van der Waals surface area (Å²) in [7, 11) is 0. The summed E-state index contributed by atoms with van der Waals surface area (Å²) in [6, 6.07) is 7.33. The second-order valence-electron chi connectivity index (χ2n) is 3.56. The Labute approximate surface area is 106 Å². The highest BCUT2D eigenvalue weighted by Gasteiger charge is 2.01. The molecule has 0 amide bonds. The third kappa shape index (κ3) is 3.18. The molecule has 5 heteroatoms. The molecule has 1 heterocycles. The van der Waals surface area contributed by atoms with Crippen molar-refractivity contribution < 1.29 is 9.47 Å². The molecule has 0 saturated heterocycles. The van der Waals surface area contributed by atoms with Gasteiger partial charge in [-0.15, -0.1) is 0 Å². The number of aromatic nitrogens is 2. The highest BCUT2D eigenvalue weighted by Crippen LogP contribution is 2.22. The third-order valence-electron chi connectivity index (χ3n) is 2.23. The fourth-order valence-electron chi connectivity index (χ4n) is 1.43. The zero-order valence-corrected chi connectivity index (χ0v) is 10.2. The van der Waals surface area contributed by atoms with Crippen LogP contribution in [0.3, 0.4) is 0 Å². The van der Waals surface area contributed by atoms with E-state index >= 15 is 0 Å². The normalized spacial score (nSPS) is 10.1. The molecule has 1 aromatic carbocycles. The summed E-state index contributed by atoms with van der Waals surface area (Å²) in [6.45, 7) is 2.93. The lowest BCUT2D eigenvalue weighted by Gasteiger charge is -2.07. The van der Waals surface area contributed by atoms with Gasteiger partial charge in [-0.2, -0.15) is 0 Å². The van der Waals surface area contributed by atoms with E-state index in [1.807, 2.05) is 31.2 Å². The van der Waals surface area contributed by atoms with Crippen molar-refractivity contribution in [3.05, 3.63) is 42.4 Å². The monoisotopic (exact) mass is 245 g/mol. The number of hydrogen-bond donors (Lipinski definition) is 1. The van der Waals surface area contributed by atoms with Crippen LogP contribution in [-0.4, -0.2) is 16.6 Å². The van der Waals surface area contributed by atoms with Gasteiger partial charge in [0.05, 0.1) is 18.5 Å². The molecule has 0 aliphatic heterocycles. The lowest BCUT2D eigenvalue weighted by atomic mass is 10.3. The molecule has 0 radical (unpaired) electrons. The van der Waals surface area contributed by atoms with Gasteiger partial charge >= 0.3 is 0 Å². The van der Waals surface area contributed by atoms with Gasteiger partial charge < -0.3 is 15.2 Å². The van der Waals surface area contributed by atoms with E-state index in [9.17, 15) is 0 Å². The molecule has 0 fully saturated rings. The van der Waals surface area contributed by atoms with Gasteiger partial charge in [-0.25, -0.2) is 4.98 Å². The van der Waals surface area contributed by atoms with Gasteiger partial charge in [-0.05, 0) is 31.2 Å². The van der Waals surface area contributed by atoms with E-state index in [4.69, 9.17) is 15.2 Å². The largest absolute Gasteiger partial charge is 0.494 e. The molecule has 0 atom stereocenters. The molecule has 94 valence electrons. The standard InChI is InChI=1S/C13H15N3O2/c1-2-17-11-3-5-12(6-4-11)18-13-9-15-8-10(7-14)16-13/h3-6,8-9H,2,7,14H2,1H3. The molecule has 0 unspecified atom stereocenters. The van der Waals surface area contributed by atoms with E-state index in [2.05, 4.69) is 9.97 Å². The van der Waals surface area contributed by atoms with Crippen LogP contribution in [0.15, 0.2) is 36.7 Å². The van der Waals surface area contributed by atoms with Gasteiger partial charge in [0, 0.05) is 12.7 Å². The van der Waals surface area contributed by atoms with Crippen LogP contribution in [0.4, 0.5) is 0 Å². The number of benzene rings is 1. The fraction of sp³-hybridized carbons (Fsp3) is 0.231. The number of rotatable bonds is 5. The molecule has 0 bridgehead atoms. The highest BCUT2D eigenvalue weighted by atomic mass is 16.5. The topological polar surface area (TPSA) is 70.3 Å². The Balaban J connectivity index is 2.08. The van der Waals surface area contributed by atoms with Crippen molar-refractivity contribution >= 4 is 0 Å². The summed E-state index contributed by atoms with van der Waals surface area (Å²) in [4.78, 5) is 8.21. The minimum absolute atomic E-state index is 0.341. The second-order valence-corrected chi connectivity index (χ2v) is 3.56. The first kappa shape index (κ1) is 12.3. The Hall–Kier alpha value is -2.14. The first-order valence-corrected chi connectivity index (χ1v) is 5.73. The van der Waals surface area contributed by atoms with Crippen LogP contribution >= 0.6 is 0 Å². The zero-order valence-electron chi connectivity index (χ0n) is 10.2. The van der Waals surface area contributed by atoms with Crippen LogP contribution in [0.5, 0.6) is 17.4 Å². The second kappa shape index (κ2) is 5.97. The zero-order chi connectivity index (χ0) is 12.8. The van der Waals surface area contributed by atoms with Crippen molar-refractivity contribution in [3.8, 4) is 17.4 Å². The summed E-state index contributed by atoms with van der Waals surface area (Å²) < 4.78 is 10.9. The van der Waals surface area contributed by atoms with Gasteiger partial charge in [0.15, 0.2) is 0 Å². The van der Waals surface area contributed by atoms with E-state index in [0.717, 1.165) is 5.75 Å². The first-order chi connectivity index (χ1) is 8.81. The first-order valence-electron chi connectivity index (χ1n) is 5.73. The molecule has 5 nitrogen and oxygen atoms in total. The van der Waals surface area contributed by atoms with Crippen molar-refractivity contribution in [2.75, 3.05) is 6.61 Å². The quantitative estimate of drug-likeness (QED) is 0.873. The molecule has 0 aliphatic rings. The number of nitrogens with zero attached hydrogens (tertiary/aromatic N) is 2. The molecular formula is C13H15N3O2. The maximum atomic E-state index is 5.57. The smallest absolute Gasteiger partial charge is 0.238 e. The Kier molecular flexibility index (Phi) is 4.09. The highest BCUT2D eigenvalue weighted by molar-refractivity contribution is 5.33. The Morgan fingerprint density at radius 2 is 1.83 bits per heavy atom. The molecule has 2 N–H and O–H groups in total. The van der Waals surface area contributed by atoms with E-state index in [-0.39, 0.29) is 0 Å². The molecule has 2 rings (SSSR count). The summed E-state index contributed by atoms with van der Waals surface area (Å²) in [5, 5.41) is 0. The summed E-state index contributed by atoms with van der Waals surface area (Å²) in [5.41, 5.74) is 6.18. The van der Waals surface area contributed by atoms with Crippen LogP contribution < -0.4 is 15.2 Å². The average Bonchev–Trinajstić information content (AvgIpc) is 2.42. The molecular weight excluding hydrogens is 230 g/mol. The minimum atomic E-state index is 0.341. The minimum Gasteiger partial charge on any atom is -0.494 e. The lowest BCUT2D eigenvalue weighted by Crippen LogP contribution is -2.01. The van der Waals surface area contributed by atoms with Crippen LogP contribution in [0, 0.1) is 0 Å².